The Hall–Kier alpha value is -1.07. The van der Waals surface area contributed by atoms with Gasteiger partial charge in [0.25, 0.3) is 5.56 Å². The summed E-state index contributed by atoms with van der Waals surface area (Å²) in [7, 11) is 1.59. The molecule has 2 atom stereocenters. The molecule has 0 bridgehead atoms. The van der Waals surface area contributed by atoms with Crippen LogP contribution in [0.25, 0.3) is 0 Å². The van der Waals surface area contributed by atoms with Crippen molar-refractivity contribution < 1.29 is 0 Å². The molecule has 2 heterocycles. The van der Waals surface area contributed by atoms with Crippen LogP contribution in [0.3, 0.4) is 0 Å². The van der Waals surface area contributed by atoms with Crippen molar-refractivity contribution in [1.82, 2.24) is 9.78 Å². The first-order valence-electron chi connectivity index (χ1n) is 5.74. The molecule has 2 unspecified atom stereocenters. The van der Waals surface area contributed by atoms with Crippen molar-refractivity contribution in [1.29, 1.82) is 0 Å². The molecule has 17 heavy (non-hydrogen) atoms. The van der Waals surface area contributed by atoms with E-state index < -0.39 is 0 Å². The first-order valence-corrected chi connectivity index (χ1v) is 6.12. The Morgan fingerprint density at radius 2 is 2.29 bits per heavy atom. The number of hydrogen-bond donors (Lipinski definition) is 1. The van der Waals surface area contributed by atoms with Crippen molar-refractivity contribution in [3.63, 3.8) is 0 Å². The average Bonchev–Trinajstić information content (AvgIpc) is 2.28. The number of nitrogens with two attached hydrogens (primary N) is 1. The van der Waals surface area contributed by atoms with Gasteiger partial charge in [-0.15, -0.1) is 0 Å². The molecule has 5 nitrogen and oxygen atoms in total. The van der Waals surface area contributed by atoms with Crippen molar-refractivity contribution in [2.45, 2.75) is 31.8 Å². The Morgan fingerprint density at radius 1 is 1.59 bits per heavy atom. The fourth-order valence-corrected chi connectivity index (χ4v) is 2.55. The summed E-state index contributed by atoms with van der Waals surface area (Å²) in [6.07, 6.45) is 3.47. The van der Waals surface area contributed by atoms with E-state index in [2.05, 4.69) is 16.9 Å². The molecule has 2 rings (SSSR count). The first-order chi connectivity index (χ1) is 8.00. The van der Waals surface area contributed by atoms with E-state index in [-0.39, 0.29) is 22.7 Å². The van der Waals surface area contributed by atoms with E-state index in [0.717, 1.165) is 19.4 Å². The molecule has 1 aliphatic rings. The summed E-state index contributed by atoms with van der Waals surface area (Å²) >= 11 is 6.09. The second-order valence-electron chi connectivity index (χ2n) is 4.60. The number of halogens is 1. The summed E-state index contributed by atoms with van der Waals surface area (Å²) in [5.74, 6) is 0. The van der Waals surface area contributed by atoms with Crippen molar-refractivity contribution in [2.24, 2.45) is 12.8 Å². The van der Waals surface area contributed by atoms with Crippen LogP contribution in [0.1, 0.15) is 19.8 Å². The molecule has 1 aromatic rings. The van der Waals surface area contributed by atoms with Gasteiger partial charge in [-0.1, -0.05) is 11.6 Å². The van der Waals surface area contributed by atoms with Gasteiger partial charge >= 0.3 is 0 Å². The maximum absolute atomic E-state index is 11.7. The van der Waals surface area contributed by atoms with Crippen molar-refractivity contribution in [3.05, 3.63) is 21.6 Å². The Kier molecular flexibility index (Phi) is 3.40. The lowest BCUT2D eigenvalue weighted by molar-refractivity contribution is 0.429. The van der Waals surface area contributed by atoms with E-state index in [9.17, 15) is 4.79 Å². The Labute approximate surface area is 105 Å². The van der Waals surface area contributed by atoms with Gasteiger partial charge in [0.15, 0.2) is 0 Å². The SMILES string of the molecule is CC1CC(N)CCN1c1cnn(C)c(=O)c1Cl. The highest BCUT2D eigenvalue weighted by Crippen LogP contribution is 2.27. The van der Waals surface area contributed by atoms with Crippen LogP contribution in [0.5, 0.6) is 0 Å². The third kappa shape index (κ3) is 2.30. The van der Waals surface area contributed by atoms with E-state index in [0.29, 0.717) is 5.69 Å². The maximum Gasteiger partial charge on any atom is 0.287 e. The minimum Gasteiger partial charge on any atom is -0.366 e. The standard InChI is InChI=1S/C11H17ClN4O/c1-7-5-8(13)3-4-16(7)9-6-14-15(2)11(17)10(9)12/h6-8H,3-5,13H2,1-2H3. The van der Waals surface area contributed by atoms with Gasteiger partial charge in [-0.3, -0.25) is 4.79 Å². The third-order valence-electron chi connectivity index (χ3n) is 3.29. The molecule has 0 aromatic carbocycles. The molecule has 1 aliphatic heterocycles. The van der Waals surface area contributed by atoms with Crippen LogP contribution >= 0.6 is 11.6 Å². The summed E-state index contributed by atoms with van der Waals surface area (Å²) in [6, 6.07) is 0.518. The third-order valence-corrected chi connectivity index (χ3v) is 3.64. The van der Waals surface area contributed by atoms with Crippen molar-refractivity contribution in [2.75, 3.05) is 11.4 Å². The van der Waals surface area contributed by atoms with Crippen LogP contribution in [0.2, 0.25) is 5.02 Å². The fourth-order valence-electron chi connectivity index (χ4n) is 2.27. The number of rotatable bonds is 1. The fraction of sp³-hybridized carbons (Fsp3) is 0.636. The number of piperidine rings is 1. The minimum absolute atomic E-state index is 0.236. The molecule has 0 aliphatic carbocycles. The molecule has 94 valence electrons. The van der Waals surface area contributed by atoms with Crippen molar-refractivity contribution in [3.8, 4) is 0 Å². The van der Waals surface area contributed by atoms with Gasteiger partial charge in [0.2, 0.25) is 0 Å². The van der Waals surface area contributed by atoms with Crippen LogP contribution < -0.4 is 16.2 Å². The van der Waals surface area contributed by atoms with E-state index in [4.69, 9.17) is 17.3 Å². The lowest BCUT2D eigenvalue weighted by Crippen LogP contribution is -2.46. The molecule has 6 heteroatoms. The van der Waals surface area contributed by atoms with E-state index in [1.807, 2.05) is 0 Å². The molecule has 0 amide bonds. The molecule has 2 N–H and O–H groups in total. The zero-order valence-corrected chi connectivity index (χ0v) is 10.8. The molecule has 0 radical (unpaired) electrons. The zero-order chi connectivity index (χ0) is 12.6. The van der Waals surface area contributed by atoms with Gasteiger partial charge < -0.3 is 10.6 Å². The summed E-state index contributed by atoms with van der Waals surface area (Å²) in [4.78, 5) is 13.8. The highest BCUT2D eigenvalue weighted by atomic mass is 35.5. The lowest BCUT2D eigenvalue weighted by Gasteiger charge is -2.38. The van der Waals surface area contributed by atoms with E-state index >= 15 is 0 Å². The first kappa shape index (κ1) is 12.4. The number of aromatic nitrogens is 2. The molecule has 0 spiro atoms. The topological polar surface area (TPSA) is 64.2 Å². The summed E-state index contributed by atoms with van der Waals surface area (Å²) in [5, 5.41) is 4.26. The normalized spacial score (nSPS) is 25.1. The predicted octanol–water partition coefficient (Wildman–Crippen LogP) is 0.750. The maximum atomic E-state index is 11.7. The highest BCUT2D eigenvalue weighted by Gasteiger charge is 2.26. The average molecular weight is 257 g/mol. The molecule has 1 aromatic heterocycles. The number of anilines is 1. The van der Waals surface area contributed by atoms with Crippen LogP contribution in [0, 0.1) is 0 Å². The predicted molar refractivity (Wildman–Crippen MR) is 68.5 cm³/mol. The largest absolute Gasteiger partial charge is 0.366 e. The van der Waals surface area contributed by atoms with E-state index in [1.165, 1.54) is 4.68 Å². The van der Waals surface area contributed by atoms with Crippen LogP contribution in [-0.4, -0.2) is 28.4 Å². The van der Waals surface area contributed by atoms with Crippen molar-refractivity contribution >= 4 is 17.3 Å². The summed E-state index contributed by atoms with van der Waals surface area (Å²) in [6.45, 7) is 2.91. The second kappa shape index (κ2) is 4.66. The zero-order valence-electron chi connectivity index (χ0n) is 10.1. The van der Waals surface area contributed by atoms with Gasteiger partial charge in [-0.25, -0.2) is 4.68 Å². The van der Waals surface area contributed by atoms with Crippen LogP contribution in [0.15, 0.2) is 11.0 Å². The highest BCUT2D eigenvalue weighted by molar-refractivity contribution is 6.33. The number of aryl methyl sites for hydroxylation is 1. The molecule has 0 saturated carbocycles. The smallest absolute Gasteiger partial charge is 0.287 e. The van der Waals surface area contributed by atoms with Gasteiger partial charge in [0.05, 0.1) is 11.9 Å². The molecular formula is C11H17ClN4O. The van der Waals surface area contributed by atoms with Gasteiger partial charge in [-0.05, 0) is 19.8 Å². The van der Waals surface area contributed by atoms with Crippen LogP contribution in [-0.2, 0) is 7.05 Å². The Morgan fingerprint density at radius 3 is 2.94 bits per heavy atom. The second-order valence-corrected chi connectivity index (χ2v) is 4.98. The Bertz CT molecular complexity index is 473. The molecule has 1 fully saturated rings. The number of hydrogen-bond acceptors (Lipinski definition) is 4. The number of nitrogens with zero attached hydrogens (tertiary/aromatic N) is 3. The summed E-state index contributed by atoms with van der Waals surface area (Å²) in [5.41, 5.74) is 6.38. The quantitative estimate of drug-likeness (QED) is 0.805. The Balaban J connectivity index is 2.35. The van der Waals surface area contributed by atoms with Gasteiger partial charge in [-0.2, -0.15) is 5.10 Å². The summed E-state index contributed by atoms with van der Waals surface area (Å²) < 4.78 is 1.24. The molecular weight excluding hydrogens is 240 g/mol. The van der Waals surface area contributed by atoms with Gasteiger partial charge in [0.1, 0.15) is 5.02 Å². The van der Waals surface area contributed by atoms with Gasteiger partial charge in [0, 0.05) is 25.7 Å². The monoisotopic (exact) mass is 256 g/mol. The lowest BCUT2D eigenvalue weighted by atomic mass is 9.99. The van der Waals surface area contributed by atoms with E-state index in [1.54, 1.807) is 13.2 Å². The molecule has 1 saturated heterocycles. The van der Waals surface area contributed by atoms with Crippen LogP contribution in [0.4, 0.5) is 5.69 Å². The minimum atomic E-state index is -0.258.